The lowest BCUT2D eigenvalue weighted by Gasteiger charge is -2.10. The van der Waals surface area contributed by atoms with E-state index < -0.39 is 10.1 Å². The summed E-state index contributed by atoms with van der Waals surface area (Å²) in [5.74, 6) is 0.463. The van der Waals surface area contributed by atoms with E-state index in [1.165, 1.54) is 18.2 Å². The fraction of sp³-hybridized carbons (Fsp3) is 0.0833. The highest BCUT2D eigenvalue weighted by Gasteiger charge is 2.25. The molecule has 1 heterocycles. The highest BCUT2D eigenvalue weighted by atomic mass is 79.9. The molecule has 34 heavy (non-hydrogen) atoms. The number of amidine groups is 1. The summed E-state index contributed by atoms with van der Waals surface area (Å²) in [5, 5.41) is 3.13. The van der Waals surface area contributed by atoms with Gasteiger partial charge in [-0.1, -0.05) is 33.6 Å². The number of amides is 1. The van der Waals surface area contributed by atoms with Gasteiger partial charge in [-0.3, -0.25) is 4.79 Å². The first kappa shape index (κ1) is 24.1. The minimum atomic E-state index is -4.06. The maximum absolute atomic E-state index is 12.8. The van der Waals surface area contributed by atoms with Gasteiger partial charge in [0, 0.05) is 10.0 Å². The normalized spacial score (nSPS) is 16.0. The number of aryl methyl sites for hydroxylation is 1. The second-order valence-corrected chi connectivity index (χ2v) is 10.7. The zero-order valence-electron chi connectivity index (χ0n) is 18.1. The van der Waals surface area contributed by atoms with Crippen molar-refractivity contribution in [3.05, 3.63) is 87.2 Å². The Morgan fingerprint density at radius 3 is 2.41 bits per heavy atom. The summed E-state index contributed by atoms with van der Waals surface area (Å²) in [5.41, 5.74) is 2.01. The Bertz CT molecular complexity index is 1400. The van der Waals surface area contributed by atoms with Crippen LogP contribution in [0.2, 0.25) is 0 Å². The van der Waals surface area contributed by atoms with Crippen molar-refractivity contribution in [1.82, 2.24) is 5.32 Å². The third kappa shape index (κ3) is 5.69. The van der Waals surface area contributed by atoms with Crippen LogP contribution in [-0.2, 0) is 14.9 Å². The number of ether oxygens (including phenoxy) is 1. The van der Waals surface area contributed by atoms with Gasteiger partial charge in [-0.25, -0.2) is 4.99 Å². The van der Waals surface area contributed by atoms with Gasteiger partial charge < -0.3 is 14.2 Å². The first-order valence-electron chi connectivity index (χ1n) is 9.98. The van der Waals surface area contributed by atoms with Crippen LogP contribution < -0.4 is 14.2 Å². The molecular formula is C24H19BrN2O5S2. The second-order valence-electron chi connectivity index (χ2n) is 7.21. The molecule has 0 aliphatic carbocycles. The van der Waals surface area contributed by atoms with Crippen molar-refractivity contribution < 1.29 is 22.1 Å². The number of carbonyl (C=O) groups is 1. The van der Waals surface area contributed by atoms with Crippen LogP contribution in [0.1, 0.15) is 11.1 Å². The smallest absolute Gasteiger partial charge is 0.339 e. The van der Waals surface area contributed by atoms with Crippen molar-refractivity contribution in [2.75, 3.05) is 7.11 Å². The molecule has 174 valence electrons. The van der Waals surface area contributed by atoms with E-state index in [9.17, 15) is 13.2 Å². The third-order valence-electron chi connectivity index (χ3n) is 4.72. The lowest BCUT2D eigenvalue weighted by molar-refractivity contribution is -0.115. The minimum Gasteiger partial charge on any atom is -0.497 e. The molecule has 1 N–H and O–H groups in total. The Kier molecular flexibility index (Phi) is 7.11. The van der Waals surface area contributed by atoms with Gasteiger partial charge in [0.05, 0.1) is 17.7 Å². The van der Waals surface area contributed by atoms with Crippen molar-refractivity contribution >= 4 is 60.6 Å². The van der Waals surface area contributed by atoms with Crippen LogP contribution in [0.5, 0.6) is 11.5 Å². The van der Waals surface area contributed by atoms with E-state index in [0.717, 1.165) is 17.3 Å². The van der Waals surface area contributed by atoms with E-state index in [1.54, 1.807) is 61.7 Å². The number of hydrogen-bond acceptors (Lipinski definition) is 7. The predicted molar refractivity (Wildman–Crippen MR) is 137 cm³/mol. The van der Waals surface area contributed by atoms with Crippen molar-refractivity contribution in [2.24, 2.45) is 4.99 Å². The number of benzene rings is 3. The summed E-state index contributed by atoms with van der Waals surface area (Å²) < 4.78 is 36.8. The Morgan fingerprint density at radius 2 is 1.74 bits per heavy atom. The molecule has 3 aromatic rings. The zero-order valence-corrected chi connectivity index (χ0v) is 21.3. The highest BCUT2D eigenvalue weighted by molar-refractivity contribution is 9.10. The van der Waals surface area contributed by atoms with E-state index in [0.29, 0.717) is 31.5 Å². The molecule has 1 saturated heterocycles. The fourth-order valence-corrected chi connectivity index (χ4v) is 5.14. The average molecular weight is 559 g/mol. The molecule has 4 rings (SSSR count). The molecule has 3 aromatic carbocycles. The van der Waals surface area contributed by atoms with Gasteiger partial charge in [-0.05, 0) is 79.4 Å². The minimum absolute atomic E-state index is 0.0431. The van der Waals surface area contributed by atoms with Gasteiger partial charge in [0.1, 0.15) is 16.4 Å². The van der Waals surface area contributed by atoms with E-state index >= 15 is 0 Å². The van der Waals surface area contributed by atoms with Gasteiger partial charge in [0.15, 0.2) is 5.17 Å². The molecule has 0 atom stereocenters. The first-order chi connectivity index (χ1) is 16.2. The SMILES string of the molecule is COc1ccc(N=C2NC(=O)/C(=C/c3cc(Br)ccc3OS(=O)(=O)c3ccc(C)cc3)S2)cc1. The van der Waals surface area contributed by atoms with Crippen molar-refractivity contribution in [3.63, 3.8) is 0 Å². The maximum Gasteiger partial charge on any atom is 0.339 e. The van der Waals surface area contributed by atoms with Gasteiger partial charge >= 0.3 is 10.1 Å². The van der Waals surface area contributed by atoms with Crippen molar-refractivity contribution in [2.45, 2.75) is 11.8 Å². The zero-order chi connectivity index (χ0) is 24.3. The van der Waals surface area contributed by atoms with Crippen LogP contribution in [-0.4, -0.2) is 26.6 Å². The highest BCUT2D eigenvalue weighted by Crippen LogP contribution is 2.33. The van der Waals surface area contributed by atoms with E-state index in [4.69, 9.17) is 8.92 Å². The maximum atomic E-state index is 12.8. The Hall–Kier alpha value is -3.08. The molecule has 1 aliphatic heterocycles. The summed E-state index contributed by atoms with van der Waals surface area (Å²) in [4.78, 5) is 17.4. The second kappa shape index (κ2) is 10.0. The molecule has 1 amide bonds. The Morgan fingerprint density at radius 1 is 1.03 bits per heavy atom. The van der Waals surface area contributed by atoms with E-state index in [2.05, 4.69) is 26.2 Å². The quantitative estimate of drug-likeness (QED) is 0.320. The predicted octanol–water partition coefficient (Wildman–Crippen LogP) is 5.43. The van der Waals surface area contributed by atoms with Gasteiger partial charge in [-0.15, -0.1) is 0 Å². The molecule has 0 bridgehead atoms. The number of thioether (sulfide) groups is 1. The van der Waals surface area contributed by atoms with Crippen LogP contribution in [0.3, 0.4) is 0 Å². The number of hydrogen-bond donors (Lipinski definition) is 1. The summed E-state index contributed by atoms with van der Waals surface area (Å²) >= 11 is 4.53. The van der Waals surface area contributed by atoms with Gasteiger partial charge in [0.25, 0.3) is 5.91 Å². The van der Waals surface area contributed by atoms with Crippen LogP contribution in [0.4, 0.5) is 5.69 Å². The fourth-order valence-electron chi connectivity index (χ4n) is 2.98. The number of nitrogens with zero attached hydrogens (tertiary/aromatic N) is 1. The third-order valence-corrected chi connectivity index (χ3v) is 7.37. The van der Waals surface area contributed by atoms with Crippen LogP contribution >= 0.6 is 27.7 Å². The molecule has 0 spiro atoms. The largest absolute Gasteiger partial charge is 0.497 e. The number of nitrogens with one attached hydrogen (secondary N) is 1. The Labute approximate surface area is 210 Å². The molecule has 0 unspecified atom stereocenters. The molecule has 7 nitrogen and oxygen atoms in total. The summed E-state index contributed by atoms with van der Waals surface area (Å²) in [6.07, 6.45) is 1.57. The Balaban J connectivity index is 1.61. The topological polar surface area (TPSA) is 94.1 Å². The molecule has 1 aliphatic rings. The van der Waals surface area contributed by atoms with Crippen molar-refractivity contribution in [3.8, 4) is 11.5 Å². The van der Waals surface area contributed by atoms with Gasteiger partial charge in [0.2, 0.25) is 0 Å². The number of aliphatic imine (C=N–C) groups is 1. The monoisotopic (exact) mass is 558 g/mol. The molecule has 10 heteroatoms. The van der Waals surface area contributed by atoms with Crippen molar-refractivity contribution in [1.29, 1.82) is 0 Å². The van der Waals surface area contributed by atoms with E-state index in [-0.39, 0.29) is 16.6 Å². The summed E-state index contributed by atoms with van der Waals surface area (Å²) in [7, 11) is -2.48. The molecule has 0 saturated carbocycles. The molecule has 0 radical (unpaired) electrons. The van der Waals surface area contributed by atoms with Crippen LogP contribution in [0.25, 0.3) is 6.08 Å². The molecule has 0 aromatic heterocycles. The van der Waals surface area contributed by atoms with Crippen LogP contribution in [0, 0.1) is 6.92 Å². The number of methoxy groups -OCH3 is 1. The first-order valence-corrected chi connectivity index (χ1v) is 13.0. The lowest BCUT2D eigenvalue weighted by atomic mass is 10.2. The average Bonchev–Trinajstić information content (AvgIpc) is 3.14. The van der Waals surface area contributed by atoms with E-state index in [1.807, 2.05) is 6.92 Å². The number of rotatable bonds is 6. The molecular weight excluding hydrogens is 540 g/mol. The molecule has 1 fully saturated rings. The summed E-state index contributed by atoms with van der Waals surface area (Å²) in [6, 6.07) is 18.4. The van der Waals surface area contributed by atoms with Gasteiger partial charge in [-0.2, -0.15) is 8.42 Å². The summed E-state index contributed by atoms with van der Waals surface area (Å²) in [6.45, 7) is 1.87. The number of halogens is 1. The lowest BCUT2D eigenvalue weighted by Crippen LogP contribution is -2.19. The van der Waals surface area contributed by atoms with Crippen LogP contribution in [0.15, 0.2) is 86.0 Å². The number of carbonyl (C=O) groups excluding carboxylic acids is 1. The standard InChI is InChI=1S/C24H19BrN2O5S2/c1-15-3-10-20(11-4-15)34(29,30)32-21-12-5-17(25)13-16(21)14-22-23(28)27-24(33-22)26-18-6-8-19(31-2)9-7-18/h3-14H,1-2H3,(H,26,27,28)/b22-14-.